The third-order valence-corrected chi connectivity index (χ3v) is 4.01. The van der Waals surface area contributed by atoms with E-state index in [0.29, 0.717) is 18.8 Å². The zero-order valence-corrected chi connectivity index (χ0v) is 10.4. The molecule has 0 bridgehead atoms. The van der Waals surface area contributed by atoms with Crippen LogP contribution in [0.5, 0.6) is 0 Å². The number of aliphatic carboxylic acids is 1. The van der Waals surface area contributed by atoms with Gasteiger partial charge in [-0.3, -0.25) is 0 Å². The SMILES string of the molecule is CC1CC(C)N(C(=O)NC2(C(=O)O)CCC2)C1. The average molecular weight is 240 g/mol. The second kappa shape index (κ2) is 4.20. The van der Waals surface area contributed by atoms with Crippen LogP contribution in [0.3, 0.4) is 0 Å². The van der Waals surface area contributed by atoms with Crippen molar-refractivity contribution in [2.24, 2.45) is 5.92 Å². The molecule has 1 aliphatic heterocycles. The summed E-state index contributed by atoms with van der Waals surface area (Å²) >= 11 is 0. The van der Waals surface area contributed by atoms with Crippen molar-refractivity contribution < 1.29 is 14.7 Å². The van der Waals surface area contributed by atoms with E-state index >= 15 is 0 Å². The van der Waals surface area contributed by atoms with Crippen LogP contribution in [-0.2, 0) is 4.79 Å². The smallest absolute Gasteiger partial charge is 0.329 e. The van der Waals surface area contributed by atoms with Crippen LogP contribution in [0.2, 0.25) is 0 Å². The first-order valence-corrected chi connectivity index (χ1v) is 6.27. The Bertz CT molecular complexity index is 339. The Morgan fingerprint density at radius 2 is 2.00 bits per heavy atom. The van der Waals surface area contributed by atoms with Gasteiger partial charge in [0.05, 0.1) is 0 Å². The van der Waals surface area contributed by atoms with Crippen molar-refractivity contribution >= 4 is 12.0 Å². The first-order valence-electron chi connectivity index (χ1n) is 6.27. The Kier molecular flexibility index (Phi) is 3.02. The number of carbonyl (C=O) groups is 2. The molecule has 5 heteroatoms. The maximum atomic E-state index is 12.1. The van der Waals surface area contributed by atoms with E-state index in [-0.39, 0.29) is 12.1 Å². The number of carbonyl (C=O) groups excluding carboxylic acids is 1. The summed E-state index contributed by atoms with van der Waals surface area (Å²) < 4.78 is 0. The summed E-state index contributed by atoms with van der Waals surface area (Å²) in [6.07, 6.45) is 2.96. The van der Waals surface area contributed by atoms with Crippen LogP contribution in [0, 0.1) is 5.92 Å². The lowest BCUT2D eigenvalue weighted by Gasteiger charge is -2.39. The molecule has 1 heterocycles. The number of likely N-dealkylation sites (tertiary alicyclic amines) is 1. The minimum atomic E-state index is -0.997. The molecule has 2 unspecified atom stereocenters. The number of amides is 2. The Hall–Kier alpha value is -1.26. The molecule has 2 atom stereocenters. The third kappa shape index (κ3) is 2.10. The van der Waals surface area contributed by atoms with Crippen LogP contribution in [0.1, 0.15) is 39.5 Å². The third-order valence-electron chi connectivity index (χ3n) is 4.01. The summed E-state index contributed by atoms with van der Waals surface area (Å²) in [5, 5.41) is 11.9. The zero-order valence-electron chi connectivity index (χ0n) is 10.4. The average Bonchev–Trinajstić information content (AvgIpc) is 2.50. The van der Waals surface area contributed by atoms with Crippen LogP contribution in [0.4, 0.5) is 4.79 Å². The van der Waals surface area contributed by atoms with E-state index in [1.807, 2.05) is 6.92 Å². The number of nitrogens with one attached hydrogen (secondary N) is 1. The maximum Gasteiger partial charge on any atom is 0.329 e. The van der Waals surface area contributed by atoms with E-state index in [2.05, 4.69) is 12.2 Å². The highest BCUT2D eigenvalue weighted by molar-refractivity contribution is 5.87. The van der Waals surface area contributed by atoms with E-state index in [0.717, 1.165) is 19.4 Å². The second-order valence-electron chi connectivity index (χ2n) is 5.51. The fourth-order valence-corrected chi connectivity index (χ4v) is 2.78. The van der Waals surface area contributed by atoms with Crippen molar-refractivity contribution in [3.05, 3.63) is 0 Å². The van der Waals surface area contributed by atoms with Gasteiger partial charge >= 0.3 is 12.0 Å². The summed E-state index contributed by atoms with van der Waals surface area (Å²) in [5.41, 5.74) is -0.997. The van der Waals surface area contributed by atoms with E-state index in [1.165, 1.54) is 0 Å². The van der Waals surface area contributed by atoms with Crippen LogP contribution in [-0.4, -0.2) is 40.1 Å². The lowest BCUT2D eigenvalue weighted by Crippen LogP contribution is -2.62. The van der Waals surface area contributed by atoms with Gasteiger partial charge < -0.3 is 15.3 Å². The molecule has 1 saturated heterocycles. The van der Waals surface area contributed by atoms with Gasteiger partial charge in [0.2, 0.25) is 0 Å². The van der Waals surface area contributed by atoms with Gasteiger partial charge in [-0.05, 0) is 38.5 Å². The molecule has 0 radical (unpaired) electrons. The van der Waals surface area contributed by atoms with Crippen LogP contribution >= 0.6 is 0 Å². The molecule has 5 nitrogen and oxygen atoms in total. The number of carboxylic acids is 1. The number of carboxylic acid groups (broad SMARTS) is 1. The molecule has 1 saturated carbocycles. The van der Waals surface area contributed by atoms with Gasteiger partial charge in [0, 0.05) is 12.6 Å². The van der Waals surface area contributed by atoms with E-state index in [1.54, 1.807) is 4.90 Å². The number of hydrogen-bond acceptors (Lipinski definition) is 2. The molecule has 0 aromatic heterocycles. The summed E-state index contributed by atoms with van der Waals surface area (Å²) in [5.74, 6) is -0.407. The van der Waals surface area contributed by atoms with Crippen LogP contribution in [0.25, 0.3) is 0 Å². The van der Waals surface area contributed by atoms with E-state index in [4.69, 9.17) is 5.11 Å². The molecule has 2 N–H and O–H groups in total. The van der Waals surface area contributed by atoms with Crippen molar-refractivity contribution in [1.82, 2.24) is 10.2 Å². The van der Waals surface area contributed by atoms with E-state index < -0.39 is 11.5 Å². The first-order chi connectivity index (χ1) is 7.94. The van der Waals surface area contributed by atoms with Crippen molar-refractivity contribution in [3.63, 3.8) is 0 Å². The molecule has 0 aromatic rings. The van der Waals surface area contributed by atoms with Crippen molar-refractivity contribution in [2.75, 3.05) is 6.54 Å². The zero-order chi connectivity index (χ0) is 12.6. The molecule has 2 fully saturated rings. The quantitative estimate of drug-likeness (QED) is 0.767. The summed E-state index contributed by atoms with van der Waals surface area (Å²) in [6.45, 7) is 4.85. The highest BCUT2D eigenvalue weighted by Gasteiger charge is 2.47. The number of urea groups is 1. The maximum absolute atomic E-state index is 12.1. The number of nitrogens with zero attached hydrogens (tertiary/aromatic N) is 1. The molecule has 1 aliphatic carbocycles. The van der Waals surface area contributed by atoms with Gasteiger partial charge in [0.1, 0.15) is 5.54 Å². The van der Waals surface area contributed by atoms with Crippen molar-refractivity contribution in [2.45, 2.75) is 51.1 Å². The van der Waals surface area contributed by atoms with Crippen molar-refractivity contribution in [3.8, 4) is 0 Å². The number of rotatable bonds is 2. The van der Waals surface area contributed by atoms with Crippen molar-refractivity contribution in [1.29, 1.82) is 0 Å². The summed E-state index contributed by atoms with van der Waals surface area (Å²) in [7, 11) is 0. The molecule has 2 aliphatic rings. The molecular formula is C12H20N2O3. The molecule has 0 spiro atoms. The molecule has 2 amide bonds. The lowest BCUT2D eigenvalue weighted by molar-refractivity contribution is -0.148. The molecule has 2 rings (SSSR count). The topological polar surface area (TPSA) is 69.6 Å². The van der Waals surface area contributed by atoms with Gasteiger partial charge in [-0.1, -0.05) is 6.92 Å². The molecular weight excluding hydrogens is 220 g/mol. The standard InChI is InChI=1S/C12H20N2O3/c1-8-6-9(2)14(7-8)11(17)13-12(10(15)16)4-3-5-12/h8-9H,3-7H2,1-2H3,(H,13,17)(H,15,16). The van der Waals surface area contributed by atoms with Crippen LogP contribution < -0.4 is 5.32 Å². The summed E-state index contributed by atoms with van der Waals surface area (Å²) in [6, 6.07) is -0.0140. The fourth-order valence-electron chi connectivity index (χ4n) is 2.78. The highest BCUT2D eigenvalue weighted by atomic mass is 16.4. The number of hydrogen-bond donors (Lipinski definition) is 2. The van der Waals surface area contributed by atoms with Gasteiger partial charge in [-0.25, -0.2) is 9.59 Å². The lowest BCUT2D eigenvalue weighted by atomic mass is 9.77. The Labute approximate surface area is 101 Å². The van der Waals surface area contributed by atoms with Gasteiger partial charge in [-0.2, -0.15) is 0 Å². The predicted molar refractivity (Wildman–Crippen MR) is 62.7 cm³/mol. The normalized spacial score (nSPS) is 30.8. The fraction of sp³-hybridized carbons (Fsp3) is 0.833. The Morgan fingerprint density at radius 1 is 1.35 bits per heavy atom. The first kappa shape index (κ1) is 12.2. The minimum Gasteiger partial charge on any atom is -0.480 e. The Morgan fingerprint density at radius 3 is 2.35 bits per heavy atom. The predicted octanol–water partition coefficient (Wildman–Crippen LogP) is 1.43. The van der Waals surface area contributed by atoms with Gasteiger partial charge in [-0.15, -0.1) is 0 Å². The van der Waals surface area contributed by atoms with Gasteiger partial charge in [0.15, 0.2) is 0 Å². The monoisotopic (exact) mass is 240 g/mol. The molecule has 17 heavy (non-hydrogen) atoms. The van der Waals surface area contributed by atoms with Gasteiger partial charge in [0.25, 0.3) is 0 Å². The minimum absolute atomic E-state index is 0.205. The van der Waals surface area contributed by atoms with Crippen LogP contribution in [0.15, 0.2) is 0 Å². The Balaban J connectivity index is 1.99. The molecule has 96 valence electrons. The van der Waals surface area contributed by atoms with E-state index in [9.17, 15) is 9.59 Å². The summed E-state index contributed by atoms with van der Waals surface area (Å²) in [4.78, 5) is 25.0. The second-order valence-corrected chi connectivity index (χ2v) is 5.51. The largest absolute Gasteiger partial charge is 0.480 e. The highest BCUT2D eigenvalue weighted by Crippen LogP contribution is 2.33. The molecule has 0 aromatic carbocycles.